The first-order chi connectivity index (χ1) is 5.66. The number of amides is 1. The summed E-state index contributed by atoms with van der Waals surface area (Å²) in [5.74, 6) is -0.467. The summed E-state index contributed by atoms with van der Waals surface area (Å²) in [7, 11) is 0. The smallest absolute Gasteiger partial charge is 0.228 e. The Kier molecular flexibility index (Phi) is 1.40. The zero-order valence-electron chi connectivity index (χ0n) is 6.65. The van der Waals surface area contributed by atoms with Crippen LogP contribution in [0.3, 0.4) is 0 Å². The summed E-state index contributed by atoms with van der Waals surface area (Å²) in [6.07, 6.45) is 0.300. The molecule has 1 aliphatic rings. The monoisotopic (exact) mass is 165 g/mol. The molecule has 2 nitrogen and oxygen atoms in total. The van der Waals surface area contributed by atoms with Crippen LogP contribution in [-0.4, -0.2) is 5.91 Å². The van der Waals surface area contributed by atoms with Crippen molar-refractivity contribution in [1.82, 2.24) is 0 Å². The molecule has 2 rings (SSSR count). The predicted octanol–water partition coefficient (Wildman–Crippen LogP) is 1.63. The molecule has 0 aliphatic carbocycles. The summed E-state index contributed by atoms with van der Waals surface area (Å²) in [4.78, 5) is 10.9. The zero-order valence-corrected chi connectivity index (χ0v) is 6.65. The number of halogens is 1. The Bertz CT molecular complexity index is 360. The van der Waals surface area contributed by atoms with Crippen molar-refractivity contribution < 1.29 is 9.18 Å². The van der Waals surface area contributed by atoms with Crippen molar-refractivity contribution in [3.05, 3.63) is 29.1 Å². The molecule has 0 unspecified atom stereocenters. The highest BCUT2D eigenvalue weighted by atomic mass is 19.1. The van der Waals surface area contributed by atoms with Crippen LogP contribution in [-0.2, 0) is 11.2 Å². The molecule has 0 aromatic heterocycles. The minimum absolute atomic E-state index is 0.130. The lowest BCUT2D eigenvalue weighted by molar-refractivity contribution is -0.115. The van der Waals surface area contributed by atoms with Gasteiger partial charge in [-0.2, -0.15) is 0 Å². The fourth-order valence-corrected chi connectivity index (χ4v) is 1.45. The number of carbonyl (C=O) groups is 1. The number of fused-ring (bicyclic) bond motifs is 1. The lowest BCUT2D eigenvalue weighted by Gasteiger charge is -2.00. The van der Waals surface area contributed by atoms with Crippen molar-refractivity contribution in [1.29, 1.82) is 0 Å². The highest BCUT2D eigenvalue weighted by molar-refractivity contribution is 5.99. The van der Waals surface area contributed by atoms with Gasteiger partial charge in [0.05, 0.1) is 12.1 Å². The van der Waals surface area contributed by atoms with Crippen LogP contribution in [0.15, 0.2) is 12.1 Å². The molecule has 1 aromatic carbocycles. The van der Waals surface area contributed by atoms with Crippen LogP contribution in [0, 0.1) is 12.7 Å². The second kappa shape index (κ2) is 2.30. The molecule has 1 amide bonds. The van der Waals surface area contributed by atoms with Gasteiger partial charge in [0.15, 0.2) is 0 Å². The molecule has 3 heteroatoms. The van der Waals surface area contributed by atoms with Gasteiger partial charge in [-0.3, -0.25) is 4.79 Å². The Morgan fingerprint density at radius 2 is 2.25 bits per heavy atom. The molecule has 1 heterocycles. The number of aryl methyl sites for hydroxylation is 1. The van der Waals surface area contributed by atoms with Crippen LogP contribution in [0.2, 0.25) is 0 Å². The number of carbonyl (C=O) groups excluding carboxylic acids is 1. The Labute approximate surface area is 69.4 Å². The van der Waals surface area contributed by atoms with Crippen LogP contribution in [0.1, 0.15) is 11.1 Å². The van der Waals surface area contributed by atoms with E-state index in [1.54, 1.807) is 0 Å². The minimum atomic E-state index is -0.337. The topological polar surface area (TPSA) is 29.1 Å². The summed E-state index contributed by atoms with van der Waals surface area (Å²) in [5.41, 5.74) is 1.96. The van der Waals surface area contributed by atoms with Crippen LogP contribution in [0.25, 0.3) is 0 Å². The van der Waals surface area contributed by atoms with Gasteiger partial charge in [-0.05, 0) is 24.1 Å². The SMILES string of the molecule is Cc1cc(F)c2c(c1)CC(=O)N2. The third-order valence-electron chi connectivity index (χ3n) is 1.93. The maximum absolute atomic E-state index is 13.1. The number of nitrogens with one attached hydrogen (secondary N) is 1. The first kappa shape index (κ1) is 7.28. The second-order valence-corrected chi connectivity index (χ2v) is 3.01. The molecule has 0 saturated heterocycles. The molecule has 12 heavy (non-hydrogen) atoms. The van der Waals surface area contributed by atoms with Gasteiger partial charge in [-0.15, -0.1) is 0 Å². The Hall–Kier alpha value is -1.38. The average molecular weight is 165 g/mol. The molecule has 1 aromatic rings. The van der Waals surface area contributed by atoms with Gasteiger partial charge < -0.3 is 5.32 Å². The normalized spacial score (nSPS) is 14.3. The number of rotatable bonds is 0. The van der Waals surface area contributed by atoms with Gasteiger partial charge in [-0.1, -0.05) is 6.07 Å². The number of benzene rings is 1. The standard InChI is InChI=1S/C9H8FNO/c1-5-2-6-4-8(12)11-9(6)7(10)3-5/h2-3H,4H2,1H3,(H,11,12). The molecular weight excluding hydrogens is 157 g/mol. The fourth-order valence-electron chi connectivity index (χ4n) is 1.45. The van der Waals surface area contributed by atoms with Crippen LogP contribution in [0.4, 0.5) is 10.1 Å². The van der Waals surface area contributed by atoms with Gasteiger partial charge in [0.1, 0.15) is 5.82 Å². The number of anilines is 1. The molecular formula is C9H8FNO. The summed E-state index contributed by atoms with van der Waals surface area (Å²) >= 11 is 0. The summed E-state index contributed by atoms with van der Waals surface area (Å²) in [6.45, 7) is 1.81. The van der Waals surface area contributed by atoms with Crippen molar-refractivity contribution in [2.24, 2.45) is 0 Å². The van der Waals surface area contributed by atoms with Crippen LogP contribution < -0.4 is 5.32 Å². The molecule has 62 valence electrons. The lowest BCUT2D eigenvalue weighted by atomic mass is 10.1. The van der Waals surface area contributed by atoms with E-state index < -0.39 is 0 Å². The maximum Gasteiger partial charge on any atom is 0.228 e. The first-order valence-electron chi connectivity index (χ1n) is 3.75. The van der Waals surface area contributed by atoms with E-state index in [2.05, 4.69) is 5.32 Å². The average Bonchev–Trinajstić information content (AvgIpc) is 2.29. The van der Waals surface area contributed by atoms with Gasteiger partial charge in [0, 0.05) is 0 Å². The molecule has 1 aliphatic heterocycles. The number of hydrogen-bond acceptors (Lipinski definition) is 1. The van der Waals surface area contributed by atoms with E-state index in [1.165, 1.54) is 6.07 Å². The Morgan fingerprint density at radius 3 is 3.00 bits per heavy atom. The Morgan fingerprint density at radius 1 is 1.50 bits per heavy atom. The molecule has 0 spiro atoms. The van der Waals surface area contributed by atoms with Gasteiger partial charge in [0.25, 0.3) is 0 Å². The van der Waals surface area contributed by atoms with E-state index in [9.17, 15) is 9.18 Å². The van der Waals surface area contributed by atoms with Crippen molar-refractivity contribution in [2.45, 2.75) is 13.3 Å². The molecule has 0 saturated carbocycles. The van der Waals surface area contributed by atoms with Crippen LogP contribution in [0.5, 0.6) is 0 Å². The zero-order chi connectivity index (χ0) is 8.72. The molecule has 0 atom stereocenters. The summed E-state index contributed by atoms with van der Waals surface area (Å²) in [6, 6.07) is 3.25. The second-order valence-electron chi connectivity index (χ2n) is 3.01. The third kappa shape index (κ3) is 0.978. The maximum atomic E-state index is 13.1. The largest absolute Gasteiger partial charge is 0.323 e. The van der Waals surface area contributed by atoms with Gasteiger partial charge >= 0.3 is 0 Å². The van der Waals surface area contributed by atoms with Crippen molar-refractivity contribution >= 4 is 11.6 Å². The van der Waals surface area contributed by atoms with Gasteiger partial charge in [0.2, 0.25) is 5.91 Å². The van der Waals surface area contributed by atoms with E-state index >= 15 is 0 Å². The number of hydrogen-bond donors (Lipinski definition) is 1. The summed E-state index contributed by atoms with van der Waals surface area (Å²) in [5, 5.41) is 2.48. The molecule has 0 radical (unpaired) electrons. The Balaban J connectivity index is 2.59. The quantitative estimate of drug-likeness (QED) is 0.622. The first-order valence-corrected chi connectivity index (χ1v) is 3.75. The van der Waals surface area contributed by atoms with E-state index in [-0.39, 0.29) is 11.7 Å². The van der Waals surface area contributed by atoms with E-state index in [1.807, 2.05) is 13.0 Å². The lowest BCUT2D eigenvalue weighted by Crippen LogP contribution is -2.04. The van der Waals surface area contributed by atoms with Gasteiger partial charge in [-0.25, -0.2) is 4.39 Å². The third-order valence-corrected chi connectivity index (χ3v) is 1.93. The van der Waals surface area contributed by atoms with E-state index in [0.717, 1.165) is 11.1 Å². The van der Waals surface area contributed by atoms with Crippen molar-refractivity contribution in [2.75, 3.05) is 5.32 Å². The fraction of sp³-hybridized carbons (Fsp3) is 0.222. The van der Waals surface area contributed by atoms with Crippen molar-refractivity contribution in [3.63, 3.8) is 0 Å². The van der Waals surface area contributed by atoms with E-state index in [4.69, 9.17) is 0 Å². The highest BCUT2D eigenvalue weighted by Gasteiger charge is 2.20. The molecule has 1 N–H and O–H groups in total. The highest BCUT2D eigenvalue weighted by Crippen LogP contribution is 2.26. The minimum Gasteiger partial charge on any atom is -0.323 e. The molecule has 0 fully saturated rings. The molecule has 0 bridgehead atoms. The van der Waals surface area contributed by atoms with Crippen molar-refractivity contribution in [3.8, 4) is 0 Å². The van der Waals surface area contributed by atoms with E-state index in [0.29, 0.717) is 12.1 Å². The van der Waals surface area contributed by atoms with Crippen LogP contribution >= 0.6 is 0 Å². The summed E-state index contributed by atoms with van der Waals surface area (Å²) < 4.78 is 13.1. The predicted molar refractivity (Wildman–Crippen MR) is 43.5 cm³/mol.